The lowest BCUT2D eigenvalue weighted by molar-refractivity contribution is -0.145. The van der Waals surface area contributed by atoms with Crippen LogP contribution in [0.15, 0.2) is 24.3 Å². The van der Waals surface area contributed by atoms with E-state index in [2.05, 4.69) is 68.5 Å². The second-order valence-corrected chi connectivity index (χ2v) is 13.6. The first-order valence-electron chi connectivity index (χ1n) is 14.6. The average molecular weight is 590 g/mol. The fourth-order valence-electron chi connectivity index (χ4n) is 4.40. The average Bonchev–Trinajstić information content (AvgIpc) is 3.46. The van der Waals surface area contributed by atoms with Crippen LogP contribution in [0.4, 0.5) is 0 Å². The van der Waals surface area contributed by atoms with Crippen molar-refractivity contribution >= 4 is 22.9 Å². The third-order valence-electron chi connectivity index (χ3n) is 7.03. The molecule has 3 aromatic rings. The highest BCUT2D eigenvalue weighted by molar-refractivity contribution is 7.78. The Labute approximate surface area is 246 Å². The number of hydrogen-bond acceptors (Lipinski definition) is 6. The molecule has 2 heterocycles. The lowest BCUT2D eigenvalue weighted by Crippen LogP contribution is -2.29. The molecule has 228 valence electrons. The highest BCUT2D eigenvalue weighted by Gasteiger charge is 2.26. The molecule has 10 nitrogen and oxygen atoms in total. The minimum absolute atomic E-state index is 0.0993. The van der Waals surface area contributed by atoms with Gasteiger partial charge in [-0.25, -0.2) is 9.31 Å². The molecule has 0 radical (unpaired) electrons. The number of fused-ring (bicyclic) bond motifs is 1. The van der Waals surface area contributed by atoms with Gasteiger partial charge < -0.3 is 14.0 Å². The largest absolute Gasteiger partial charge is 0.479 e. The molecule has 0 aliphatic rings. The Hall–Kier alpha value is -2.92. The summed E-state index contributed by atoms with van der Waals surface area (Å²) in [7, 11) is 0. The zero-order valence-electron chi connectivity index (χ0n) is 25.7. The standard InChI is InChI=1S/C30H47N5O5S/c1-9-10-11-12-13-14-15-23(28(36)37)39-22-17-16-21(29(3,4)5)18-24(22)40-41(38)34-20(2)27-32-31-26-19-25(30(6,7)8)33-35(26)27/h16-20,23,33-34H,9-15H2,1-8H3,(H,36,37). The molecule has 3 rings (SSSR count). The first-order valence-corrected chi connectivity index (χ1v) is 15.6. The predicted octanol–water partition coefficient (Wildman–Crippen LogP) is 6.54. The van der Waals surface area contributed by atoms with E-state index in [-0.39, 0.29) is 22.3 Å². The third kappa shape index (κ3) is 9.03. The summed E-state index contributed by atoms with van der Waals surface area (Å²) in [4.78, 5) is 12.0. The van der Waals surface area contributed by atoms with Crippen molar-refractivity contribution in [2.75, 3.05) is 0 Å². The summed E-state index contributed by atoms with van der Waals surface area (Å²) in [5.41, 5.74) is 2.30. The van der Waals surface area contributed by atoms with E-state index < -0.39 is 29.4 Å². The van der Waals surface area contributed by atoms with Crippen LogP contribution < -0.4 is 13.6 Å². The first-order chi connectivity index (χ1) is 19.2. The minimum Gasteiger partial charge on any atom is -0.479 e. The van der Waals surface area contributed by atoms with Crippen molar-refractivity contribution in [2.24, 2.45) is 0 Å². The Morgan fingerprint density at radius 3 is 2.34 bits per heavy atom. The van der Waals surface area contributed by atoms with Crippen LogP contribution >= 0.6 is 0 Å². The van der Waals surface area contributed by atoms with E-state index in [9.17, 15) is 14.1 Å². The van der Waals surface area contributed by atoms with Crippen molar-refractivity contribution in [3.05, 3.63) is 41.3 Å². The SMILES string of the molecule is CCCCCCCCC(Oc1ccc(C(C)(C)C)cc1OS(=O)NC(C)c1nnc2cc(C(C)(C)C)[nH]n12)C(=O)O. The smallest absolute Gasteiger partial charge is 0.344 e. The van der Waals surface area contributed by atoms with Gasteiger partial charge in [-0.2, -0.15) is 8.93 Å². The fourth-order valence-corrected chi connectivity index (χ4v) is 5.13. The van der Waals surface area contributed by atoms with Gasteiger partial charge in [-0.15, -0.1) is 10.2 Å². The number of nitrogens with one attached hydrogen (secondary N) is 2. The maximum Gasteiger partial charge on any atom is 0.344 e. The van der Waals surface area contributed by atoms with Crippen molar-refractivity contribution in [3.8, 4) is 11.5 Å². The number of aromatic amines is 1. The topological polar surface area (TPSA) is 131 Å². The van der Waals surface area contributed by atoms with Crippen molar-refractivity contribution in [1.29, 1.82) is 0 Å². The molecule has 0 amide bonds. The van der Waals surface area contributed by atoms with Crippen LogP contribution in [0.3, 0.4) is 0 Å². The molecular formula is C30H47N5O5S. The molecule has 0 aliphatic heterocycles. The van der Waals surface area contributed by atoms with Gasteiger partial charge in [0.25, 0.3) is 11.3 Å². The highest BCUT2D eigenvalue weighted by atomic mass is 32.2. The number of rotatable bonds is 15. The van der Waals surface area contributed by atoms with Crippen molar-refractivity contribution in [1.82, 2.24) is 24.5 Å². The molecule has 3 unspecified atom stereocenters. The fraction of sp³-hybridized carbons (Fsp3) is 0.633. The zero-order chi connectivity index (χ0) is 30.4. The number of ether oxygens (including phenoxy) is 1. The van der Waals surface area contributed by atoms with Gasteiger partial charge in [0.1, 0.15) is 0 Å². The van der Waals surface area contributed by atoms with Crippen molar-refractivity contribution in [3.63, 3.8) is 0 Å². The summed E-state index contributed by atoms with van der Waals surface area (Å²) in [5.74, 6) is -0.0277. The molecule has 3 N–H and O–H groups in total. The van der Waals surface area contributed by atoms with E-state index in [1.54, 1.807) is 16.6 Å². The lowest BCUT2D eigenvalue weighted by atomic mass is 9.87. The van der Waals surface area contributed by atoms with Crippen LogP contribution in [0, 0.1) is 0 Å². The molecule has 11 heteroatoms. The Morgan fingerprint density at radius 1 is 1.02 bits per heavy atom. The van der Waals surface area contributed by atoms with Crippen molar-refractivity contribution in [2.45, 2.75) is 123 Å². The Kier molecular flexibility index (Phi) is 11.0. The van der Waals surface area contributed by atoms with E-state index in [1.165, 1.54) is 6.42 Å². The quantitative estimate of drug-likeness (QED) is 0.172. The summed E-state index contributed by atoms with van der Waals surface area (Å²) < 4.78 is 29.7. The van der Waals surface area contributed by atoms with Gasteiger partial charge in [0.2, 0.25) is 0 Å². The summed E-state index contributed by atoms with van der Waals surface area (Å²) in [5, 5.41) is 21.7. The van der Waals surface area contributed by atoms with E-state index in [1.807, 2.05) is 19.1 Å². The number of carboxylic acids is 1. The maximum absolute atomic E-state index is 13.2. The molecule has 0 aliphatic carbocycles. The van der Waals surface area contributed by atoms with E-state index in [0.29, 0.717) is 17.9 Å². The second-order valence-electron chi connectivity index (χ2n) is 12.7. The Morgan fingerprint density at radius 2 is 1.71 bits per heavy atom. The molecule has 3 atom stereocenters. The number of carboxylic acid groups (broad SMARTS) is 1. The highest BCUT2D eigenvalue weighted by Crippen LogP contribution is 2.35. The van der Waals surface area contributed by atoms with E-state index >= 15 is 0 Å². The summed E-state index contributed by atoms with van der Waals surface area (Å²) in [6.45, 7) is 16.5. The van der Waals surface area contributed by atoms with Crippen LogP contribution in [0.1, 0.15) is 123 Å². The summed E-state index contributed by atoms with van der Waals surface area (Å²) in [6.07, 6.45) is 5.65. The molecule has 0 spiro atoms. The van der Waals surface area contributed by atoms with Gasteiger partial charge >= 0.3 is 5.97 Å². The third-order valence-corrected chi connectivity index (χ3v) is 7.90. The molecule has 0 bridgehead atoms. The van der Waals surface area contributed by atoms with Crippen LogP contribution in [0.5, 0.6) is 11.5 Å². The molecule has 1 aromatic carbocycles. The minimum atomic E-state index is -1.99. The number of unbranched alkanes of at least 4 members (excludes halogenated alkanes) is 5. The number of H-pyrrole nitrogens is 1. The molecule has 2 aromatic heterocycles. The normalized spacial score (nSPS) is 14.6. The number of aromatic nitrogens is 4. The number of hydrogen-bond donors (Lipinski definition) is 3. The van der Waals surface area contributed by atoms with Gasteiger partial charge in [0, 0.05) is 17.2 Å². The van der Waals surface area contributed by atoms with Crippen molar-refractivity contribution < 1.29 is 23.0 Å². The Balaban J connectivity index is 1.76. The van der Waals surface area contributed by atoms with E-state index in [0.717, 1.165) is 43.4 Å². The van der Waals surface area contributed by atoms with Crippen LogP contribution in [-0.4, -0.2) is 41.2 Å². The molecular weight excluding hydrogens is 542 g/mol. The monoisotopic (exact) mass is 589 g/mol. The molecule has 41 heavy (non-hydrogen) atoms. The number of aliphatic carboxylic acids is 1. The van der Waals surface area contributed by atoms with Crippen LogP contribution in [-0.2, 0) is 26.9 Å². The van der Waals surface area contributed by atoms with E-state index in [4.69, 9.17) is 8.92 Å². The summed E-state index contributed by atoms with van der Waals surface area (Å²) >= 11 is -1.99. The molecule has 0 fully saturated rings. The number of nitrogens with zero attached hydrogens (tertiary/aromatic N) is 3. The summed E-state index contributed by atoms with van der Waals surface area (Å²) in [6, 6.07) is 6.81. The maximum atomic E-state index is 13.2. The van der Waals surface area contributed by atoms with Gasteiger partial charge in [0.05, 0.1) is 6.04 Å². The first kappa shape index (κ1) is 32.6. The van der Waals surface area contributed by atoms with Crippen LogP contribution in [0.2, 0.25) is 0 Å². The zero-order valence-corrected chi connectivity index (χ0v) is 26.6. The van der Waals surface area contributed by atoms with Gasteiger partial charge in [0.15, 0.2) is 29.1 Å². The number of benzene rings is 1. The van der Waals surface area contributed by atoms with Gasteiger partial charge in [-0.3, -0.25) is 5.10 Å². The molecule has 0 saturated heterocycles. The van der Waals surface area contributed by atoms with Crippen LogP contribution in [0.25, 0.3) is 5.65 Å². The second kappa shape index (κ2) is 13.8. The lowest BCUT2D eigenvalue weighted by Gasteiger charge is -2.23. The molecule has 0 saturated carbocycles. The number of carbonyl (C=O) groups is 1. The van der Waals surface area contributed by atoms with Gasteiger partial charge in [-0.05, 0) is 42.9 Å². The Bertz CT molecular complexity index is 1320. The van der Waals surface area contributed by atoms with Gasteiger partial charge in [-0.1, -0.05) is 86.6 Å². The predicted molar refractivity (Wildman–Crippen MR) is 162 cm³/mol.